The zero-order chi connectivity index (χ0) is 24.3. The van der Waals surface area contributed by atoms with Crippen LogP contribution in [0.15, 0.2) is 30.7 Å². The van der Waals surface area contributed by atoms with E-state index in [0.29, 0.717) is 47.3 Å². The third kappa shape index (κ3) is 3.87. The second-order valence-corrected chi connectivity index (χ2v) is 12.0. The summed E-state index contributed by atoms with van der Waals surface area (Å²) in [5.41, 5.74) is 8.12. The van der Waals surface area contributed by atoms with E-state index in [-0.39, 0.29) is 11.4 Å². The van der Waals surface area contributed by atoms with Crippen molar-refractivity contribution < 1.29 is 13.9 Å². The van der Waals surface area contributed by atoms with Crippen LogP contribution in [-0.4, -0.2) is 68.4 Å². The van der Waals surface area contributed by atoms with E-state index in [4.69, 9.17) is 15.2 Å². The topological polar surface area (TPSA) is 78.4 Å². The Morgan fingerprint density at radius 2 is 1.92 bits per heavy atom. The van der Waals surface area contributed by atoms with Gasteiger partial charge in [-0.1, -0.05) is 0 Å². The van der Waals surface area contributed by atoms with Crippen LogP contribution in [0.5, 0.6) is 5.75 Å². The number of nitrogen functional groups attached to an aromatic ring is 1. The van der Waals surface area contributed by atoms with Gasteiger partial charge in [0.25, 0.3) is 0 Å². The van der Waals surface area contributed by atoms with Gasteiger partial charge in [-0.2, -0.15) is 11.8 Å². The first-order valence-corrected chi connectivity index (χ1v) is 14.3. The number of rotatable bonds is 6. The molecule has 4 fully saturated rings. The second-order valence-electron chi connectivity index (χ2n) is 10.8. The van der Waals surface area contributed by atoms with E-state index >= 15 is 4.39 Å². The first-order chi connectivity index (χ1) is 17.6. The lowest BCUT2D eigenvalue weighted by molar-refractivity contribution is -0.0198. The van der Waals surface area contributed by atoms with Gasteiger partial charge >= 0.3 is 0 Å². The van der Waals surface area contributed by atoms with Crippen LogP contribution < -0.4 is 10.5 Å². The van der Waals surface area contributed by atoms with Crippen molar-refractivity contribution in [1.82, 2.24) is 19.4 Å². The molecule has 0 radical (unpaired) electrons. The van der Waals surface area contributed by atoms with Gasteiger partial charge in [0.1, 0.15) is 41.6 Å². The molecule has 9 heteroatoms. The van der Waals surface area contributed by atoms with Crippen LogP contribution in [0, 0.1) is 5.82 Å². The number of nitrogens with zero attached hydrogens (tertiary/aromatic N) is 4. The highest BCUT2D eigenvalue weighted by molar-refractivity contribution is 7.99. The minimum Gasteiger partial charge on any atom is -0.491 e. The van der Waals surface area contributed by atoms with Gasteiger partial charge in [-0.25, -0.2) is 14.4 Å². The molecular weight excluding hydrogens is 477 g/mol. The molecule has 0 unspecified atom stereocenters. The maximum absolute atomic E-state index is 15.2. The van der Waals surface area contributed by atoms with Crippen molar-refractivity contribution in [3.05, 3.63) is 36.5 Å². The van der Waals surface area contributed by atoms with E-state index in [2.05, 4.69) is 19.4 Å². The molecule has 190 valence electrons. The molecule has 3 saturated heterocycles. The van der Waals surface area contributed by atoms with Crippen molar-refractivity contribution in [3.8, 4) is 16.9 Å². The summed E-state index contributed by atoms with van der Waals surface area (Å²) in [5.74, 6) is 3.14. The van der Waals surface area contributed by atoms with E-state index in [1.807, 2.05) is 18.0 Å². The van der Waals surface area contributed by atoms with Gasteiger partial charge < -0.3 is 19.8 Å². The van der Waals surface area contributed by atoms with Crippen molar-refractivity contribution in [1.29, 1.82) is 0 Å². The third-order valence-electron chi connectivity index (χ3n) is 8.67. The molecule has 2 N–H and O–H groups in total. The number of aromatic nitrogens is 3. The highest BCUT2D eigenvalue weighted by Crippen LogP contribution is 2.45. The standard InChI is InChI=1S/C27H32FN5O2S/c28-23-2-1-20(34-15-27-5-3-19(35-27)4-6-27)13-21(23)22-14-33(26-24(22)25(29)30-16-31-26)18-11-17(12-18)32-7-9-36-10-8-32/h1-2,13-14,16-19H,3-12,15H2,(H2,29,30,31)/t17-,18+,19?,27?. The van der Waals surface area contributed by atoms with E-state index < -0.39 is 0 Å². The largest absolute Gasteiger partial charge is 0.491 e. The fourth-order valence-electron chi connectivity index (χ4n) is 6.52. The SMILES string of the molecule is Nc1ncnc2c1c(-c1cc(OCC34CCC(CC3)O4)ccc1F)cn2[C@H]1C[C@@H](N2CCSCC2)C1. The maximum atomic E-state index is 15.2. The van der Waals surface area contributed by atoms with E-state index in [9.17, 15) is 0 Å². The lowest BCUT2D eigenvalue weighted by atomic mass is 9.85. The minimum atomic E-state index is -0.307. The third-order valence-corrected chi connectivity index (χ3v) is 9.62. The van der Waals surface area contributed by atoms with Crippen molar-refractivity contribution in [3.63, 3.8) is 0 Å². The molecule has 4 aliphatic rings. The lowest BCUT2D eigenvalue weighted by Crippen LogP contribution is -2.48. The Hall–Kier alpha value is -2.36. The van der Waals surface area contributed by atoms with Crippen molar-refractivity contribution in [2.75, 3.05) is 36.9 Å². The monoisotopic (exact) mass is 509 g/mol. The molecule has 2 bridgehead atoms. The molecule has 0 spiro atoms. The number of anilines is 1. The number of halogens is 1. The Kier molecular flexibility index (Phi) is 5.63. The summed E-state index contributed by atoms with van der Waals surface area (Å²) in [4.78, 5) is 11.4. The van der Waals surface area contributed by atoms with E-state index in [0.717, 1.165) is 49.7 Å². The number of benzene rings is 1. The summed E-state index contributed by atoms with van der Waals surface area (Å²) >= 11 is 2.04. The molecular formula is C27H32FN5O2S. The summed E-state index contributed by atoms with van der Waals surface area (Å²) in [6.07, 6.45) is 10.3. The highest BCUT2D eigenvalue weighted by atomic mass is 32.2. The van der Waals surface area contributed by atoms with Gasteiger partial charge in [0, 0.05) is 54.0 Å². The van der Waals surface area contributed by atoms with Crippen LogP contribution in [0.25, 0.3) is 22.2 Å². The molecule has 3 aliphatic heterocycles. The van der Waals surface area contributed by atoms with E-state index in [1.165, 1.54) is 37.0 Å². The van der Waals surface area contributed by atoms with Crippen LogP contribution in [0.3, 0.4) is 0 Å². The highest BCUT2D eigenvalue weighted by Gasteiger charge is 2.46. The Morgan fingerprint density at radius 1 is 1.11 bits per heavy atom. The molecule has 7 nitrogen and oxygen atoms in total. The van der Waals surface area contributed by atoms with Crippen LogP contribution >= 0.6 is 11.8 Å². The first kappa shape index (κ1) is 22.8. The second kappa shape index (κ2) is 8.89. The molecule has 1 aromatic carbocycles. The Balaban J connectivity index is 1.18. The van der Waals surface area contributed by atoms with Crippen LogP contribution in [-0.2, 0) is 4.74 Å². The number of thioether (sulfide) groups is 1. The molecule has 7 rings (SSSR count). The van der Waals surface area contributed by atoms with Gasteiger partial charge in [0.15, 0.2) is 0 Å². The zero-order valence-corrected chi connectivity index (χ0v) is 21.2. The average molecular weight is 510 g/mol. The van der Waals surface area contributed by atoms with Crippen molar-refractivity contribution >= 4 is 28.6 Å². The van der Waals surface area contributed by atoms with Crippen LogP contribution in [0.4, 0.5) is 10.2 Å². The van der Waals surface area contributed by atoms with Crippen molar-refractivity contribution in [2.24, 2.45) is 0 Å². The van der Waals surface area contributed by atoms with Gasteiger partial charge in [0.2, 0.25) is 0 Å². The molecule has 1 saturated carbocycles. The molecule has 2 aromatic heterocycles. The van der Waals surface area contributed by atoms with E-state index in [1.54, 1.807) is 12.1 Å². The number of nitrogens with two attached hydrogens (primary N) is 1. The summed E-state index contributed by atoms with van der Waals surface area (Å²) in [6.45, 7) is 2.83. The summed E-state index contributed by atoms with van der Waals surface area (Å²) in [7, 11) is 0. The van der Waals surface area contributed by atoms with Crippen LogP contribution in [0.1, 0.15) is 44.6 Å². The smallest absolute Gasteiger partial charge is 0.146 e. The minimum absolute atomic E-state index is 0.179. The lowest BCUT2D eigenvalue weighted by Gasteiger charge is -2.45. The Bertz CT molecular complexity index is 1280. The molecule has 5 heterocycles. The molecule has 0 amide bonds. The molecule has 3 aromatic rings. The number of fused-ring (bicyclic) bond motifs is 3. The number of ether oxygens (including phenoxy) is 2. The first-order valence-electron chi connectivity index (χ1n) is 13.1. The molecule has 36 heavy (non-hydrogen) atoms. The molecule has 0 atom stereocenters. The zero-order valence-electron chi connectivity index (χ0n) is 20.4. The summed E-state index contributed by atoms with van der Waals surface area (Å²) in [5, 5.41) is 0.711. The quantitative estimate of drug-likeness (QED) is 0.518. The number of hydrogen-bond donors (Lipinski definition) is 1. The fraction of sp³-hybridized carbons (Fsp3) is 0.556. The summed E-state index contributed by atoms with van der Waals surface area (Å²) in [6, 6.07) is 5.90. The van der Waals surface area contributed by atoms with Gasteiger partial charge in [-0.15, -0.1) is 0 Å². The predicted octanol–water partition coefficient (Wildman–Crippen LogP) is 4.66. The van der Waals surface area contributed by atoms with Crippen LogP contribution in [0.2, 0.25) is 0 Å². The number of hydrogen-bond acceptors (Lipinski definition) is 7. The Morgan fingerprint density at radius 3 is 2.67 bits per heavy atom. The average Bonchev–Trinajstić information content (AvgIpc) is 3.58. The normalized spacial score (nSPS) is 30.1. The Labute approximate surface area is 214 Å². The van der Waals surface area contributed by atoms with Gasteiger partial charge in [-0.05, 0) is 56.7 Å². The van der Waals surface area contributed by atoms with Gasteiger partial charge in [-0.3, -0.25) is 4.90 Å². The summed E-state index contributed by atoms with van der Waals surface area (Å²) < 4.78 is 29.7. The van der Waals surface area contributed by atoms with Crippen molar-refractivity contribution in [2.45, 2.75) is 62.3 Å². The fourth-order valence-corrected chi connectivity index (χ4v) is 7.45. The maximum Gasteiger partial charge on any atom is 0.146 e. The molecule has 1 aliphatic carbocycles. The van der Waals surface area contributed by atoms with Gasteiger partial charge in [0.05, 0.1) is 11.5 Å². The predicted molar refractivity (Wildman–Crippen MR) is 140 cm³/mol.